The van der Waals surface area contributed by atoms with Gasteiger partial charge in [-0.25, -0.2) is 0 Å². The van der Waals surface area contributed by atoms with Crippen molar-refractivity contribution in [3.63, 3.8) is 0 Å². The molecule has 2 atom stereocenters. The number of hydrogen-bond acceptors (Lipinski definition) is 4. The van der Waals surface area contributed by atoms with Gasteiger partial charge >= 0.3 is 5.97 Å². The van der Waals surface area contributed by atoms with Gasteiger partial charge < -0.3 is 9.84 Å². The minimum absolute atomic E-state index is 0.0662. The summed E-state index contributed by atoms with van der Waals surface area (Å²) in [5, 5.41) is 18.0. The Hall–Kier alpha value is -1.90. The second kappa shape index (κ2) is 6.51. The molecule has 1 aromatic rings. The summed E-state index contributed by atoms with van der Waals surface area (Å²) in [6.07, 6.45) is 0.0717. The second-order valence-corrected chi connectivity index (χ2v) is 4.98. The largest absolute Gasteiger partial charge is 0.481 e. The predicted octanol–water partition coefficient (Wildman–Crippen LogP) is 1.79. The predicted molar refractivity (Wildman–Crippen MR) is 73.1 cm³/mol. The lowest BCUT2D eigenvalue weighted by Crippen LogP contribution is -2.47. The fraction of sp³-hybridized carbons (Fsp3) is 0.467. The molecule has 0 aromatic heterocycles. The maximum Gasteiger partial charge on any atom is 0.305 e. The van der Waals surface area contributed by atoms with Gasteiger partial charge in [0.15, 0.2) is 0 Å². The highest BCUT2D eigenvalue weighted by Crippen LogP contribution is 2.26. The SMILES string of the molecule is CC(c1cccc(C#N)c1)N1CCOCC1CC(=O)O. The van der Waals surface area contributed by atoms with E-state index in [4.69, 9.17) is 15.1 Å². The molecule has 1 heterocycles. The molecule has 0 amide bonds. The Morgan fingerprint density at radius 1 is 1.65 bits per heavy atom. The van der Waals surface area contributed by atoms with Crippen LogP contribution >= 0.6 is 0 Å². The maximum atomic E-state index is 10.9. The number of ether oxygens (including phenoxy) is 1. The summed E-state index contributed by atoms with van der Waals surface area (Å²) in [6.45, 7) is 3.79. The van der Waals surface area contributed by atoms with E-state index < -0.39 is 5.97 Å². The quantitative estimate of drug-likeness (QED) is 0.906. The number of hydrogen-bond donors (Lipinski definition) is 1. The molecule has 20 heavy (non-hydrogen) atoms. The monoisotopic (exact) mass is 274 g/mol. The van der Waals surface area contributed by atoms with Crippen molar-refractivity contribution in [2.24, 2.45) is 0 Å². The van der Waals surface area contributed by atoms with Crippen LogP contribution in [0.15, 0.2) is 24.3 Å². The van der Waals surface area contributed by atoms with Crippen molar-refractivity contribution in [1.29, 1.82) is 5.26 Å². The molecule has 0 bridgehead atoms. The van der Waals surface area contributed by atoms with Crippen LogP contribution in [-0.2, 0) is 9.53 Å². The van der Waals surface area contributed by atoms with Crippen molar-refractivity contribution >= 4 is 5.97 Å². The van der Waals surface area contributed by atoms with Crippen molar-refractivity contribution in [2.45, 2.75) is 25.4 Å². The summed E-state index contributed by atoms with van der Waals surface area (Å²) in [6, 6.07) is 9.53. The first-order valence-corrected chi connectivity index (χ1v) is 6.67. The van der Waals surface area contributed by atoms with Gasteiger partial charge in [0.25, 0.3) is 0 Å². The first-order chi connectivity index (χ1) is 9.61. The van der Waals surface area contributed by atoms with Crippen molar-refractivity contribution in [3.05, 3.63) is 35.4 Å². The van der Waals surface area contributed by atoms with E-state index in [-0.39, 0.29) is 18.5 Å². The smallest absolute Gasteiger partial charge is 0.305 e. The Morgan fingerprint density at radius 3 is 3.15 bits per heavy atom. The van der Waals surface area contributed by atoms with Gasteiger partial charge in [0.2, 0.25) is 0 Å². The van der Waals surface area contributed by atoms with Crippen LogP contribution in [0.4, 0.5) is 0 Å². The molecule has 1 N–H and O–H groups in total. The minimum atomic E-state index is -0.816. The van der Waals surface area contributed by atoms with Gasteiger partial charge in [-0.15, -0.1) is 0 Å². The lowest BCUT2D eigenvalue weighted by atomic mass is 10.0. The molecular weight excluding hydrogens is 256 g/mol. The number of carboxylic acids is 1. The Balaban J connectivity index is 2.18. The van der Waals surface area contributed by atoms with E-state index in [1.807, 2.05) is 25.1 Å². The molecule has 1 aliphatic heterocycles. The third-order valence-electron chi connectivity index (χ3n) is 3.68. The van der Waals surface area contributed by atoms with Crippen molar-refractivity contribution in [3.8, 4) is 6.07 Å². The Bertz CT molecular complexity index is 524. The molecule has 5 heteroatoms. The van der Waals surface area contributed by atoms with Crippen molar-refractivity contribution < 1.29 is 14.6 Å². The average Bonchev–Trinajstić information content (AvgIpc) is 2.46. The van der Waals surface area contributed by atoms with E-state index in [2.05, 4.69) is 11.0 Å². The van der Waals surface area contributed by atoms with Crippen LogP contribution in [0.1, 0.15) is 30.5 Å². The Labute approximate surface area is 118 Å². The zero-order valence-corrected chi connectivity index (χ0v) is 11.5. The first kappa shape index (κ1) is 14.5. The topological polar surface area (TPSA) is 73.6 Å². The molecule has 1 fully saturated rings. The average molecular weight is 274 g/mol. The van der Waals surface area contributed by atoms with Gasteiger partial charge in [-0.05, 0) is 24.6 Å². The molecular formula is C15H18N2O3. The lowest BCUT2D eigenvalue weighted by molar-refractivity contribution is -0.140. The van der Waals surface area contributed by atoms with Crippen LogP contribution in [0.5, 0.6) is 0 Å². The van der Waals surface area contributed by atoms with E-state index in [9.17, 15) is 4.79 Å². The van der Waals surface area contributed by atoms with Crippen LogP contribution < -0.4 is 0 Å². The van der Waals surface area contributed by atoms with Gasteiger partial charge in [-0.2, -0.15) is 5.26 Å². The number of nitrogens with zero attached hydrogens (tertiary/aromatic N) is 2. The lowest BCUT2D eigenvalue weighted by Gasteiger charge is -2.39. The fourth-order valence-electron chi connectivity index (χ4n) is 2.61. The van der Waals surface area contributed by atoms with Gasteiger partial charge in [0.1, 0.15) is 0 Å². The molecule has 2 unspecified atom stereocenters. The summed E-state index contributed by atoms with van der Waals surface area (Å²) in [5.74, 6) is -0.816. The molecule has 0 radical (unpaired) electrons. The van der Waals surface area contributed by atoms with E-state index in [1.165, 1.54) is 0 Å². The number of rotatable bonds is 4. The highest BCUT2D eigenvalue weighted by Gasteiger charge is 2.29. The molecule has 1 aromatic carbocycles. The zero-order valence-electron chi connectivity index (χ0n) is 11.5. The molecule has 5 nitrogen and oxygen atoms in total. The van der Waals surface area contributed by atoms with Crippen LogP contribution in [0, 0.1) is 11.3 Å². The summed E-state index contributed by atoms with van der Waals surface area (Å²) in [7, 11) is 0. The molecule has 2 rings (SSSR count). The highest BCUT2D eigenvalue weighted by molar-refractivity contribution is 5.67. The standard InChI is InChI=1S/C15H18N2O3/c1-11(13-4-2-3-12(7-13)9-16)17-5-6-20-10-14(17)8-15(18)19/h2-4,7,11,14H,5-6,8,10H2,1H3,(H,18,19). The zero-order chi connectivity index (χ0) is 14.5. The number of aliphatic carboxylic acids is 1. The summed E-state index contributed by atoms with van der Waals surface area (Å²) < 4.78 is 5.39. The van der Waals surface area contributed by atoms with E-state index >= 15 is 0 Å². The van der Waals surface area contributed by atoms with E-state index in [0.717, 1.165) is 5.56 Å². The number of nitriles is 1. The third kappa shape index (κ3) is 3.35. The second-order valence-electron chi connectivity index (χ2n) is 4.98. The minimum Gasteiger partial charge on any atom is -0.481 e. The first-order valence-electron chi connectivity index (χ1n) is 6.67. The molecule has 0 aliphatic carbocycles. The maximum absolute atomic E-state index is 10.9. The summed E-state index contributed by atoms with van der Waals surface area (Å²) in [5.41, 5.74) is 1.65. The third-order valence-corrected chi connectivity index (χ3v) is 3.68. The molecule has 0 spiro atoms. The van der Waals surface area contributed by atoms with Crippen molar-refractivity contribution in [2.75, 3.05) is 19.8 Å². The van der Waals surface area contributed by atoms with Gasteiger partial charge in [0.05, 0.1) is 31.3 Å². The molecule has 0 saturated carbocycles. The molecule has 106 valence electrons. The highest BCUT2D eigenvalue weighted by atomic mass is 16.5. The van der Waals surface area contributed by atoms with Crippen LogP contribution in [0.3, 0.4) is 0 Å². The fourth-order valence-corrected chi connectivity index (χ4v) is 2.61. The molecule has 1 saturated heterocycles. The Morgan fingerprint density at radius 2 is 2.45 bits per heavy atom. The summed E-state index contributed by atoms with van der Waals surface area (Å²) >= 11 is 0. The number of morpholine rings is 1. The van der Waals surface area contributed by atoms with E-state index in [0.29, 0.717) is 25.3 Å². The molecule has 1 aliphatic rings. The van der Waals surface area contributed by atoms with Crippen molar-refractivity contribution in [1.82, 2.24) is 4.90 Å². The van der Waals surface area contributed by atoms with Gasteiger partial charge in [0, 0.05) is 18.6 Å². The number of benzene rings is 1. The normalized spacial score (nSPS) is 21.1. The van der Waals surface area contributed by atoms with Gasteiger partial charge in [-0.1, -0.05) is 12.1 Å². The summed E-state index contributed by atoms with van der Waals surface area (Å²) in [4.78, 5) is 13.1. The van der Waals surface area contributed by atoms with E-state index in [1.54, 1.807) is 6.07 Å². The van der Waals surface area contributed by atoms with Crippen LogP contribution in [-0.4, -0.2) is 41.8 Å². The number of carboxylic acid groups (broad SMARTS) is 1. The Kier molecular flexibility index (Phi) is 4.72. The van der Waals surface area contributed by atoms with Crippen LogP contribution in [0.25, 0.3) is 0 Å². The number of carbonyl (C=O) groups is 1. The van der Waals surface area contributed by atoms with Crippen LogP contribution in [0.2, 0.25) is 0 Å². The van der Waals surface area contributed by atoms with Gasteiger partial charge in [-0.3, -0.25) is 9.69 Å².